The summed E-state index contributed by atoms with van der Waals surface area (Å²) in [4.78, 5) is 12.4. The molecule has 10 atom stereocenters. The van der Waals surface area contributed by atoms with E-state index in [0.717, 1.165) is 6.08 Å². The number of carbonyl (C=O) groups is 1. The lowest BCUT2D eigenvalue weighted by Gasteiger charge is -2.46. The summed E-state index contributed by atoms with van der Waals surface area (Å²) in [5.74, 6) is -2.63. The van der Waals surface area contributed by atoms with Gasteiger partial charge in [-0.3, -0.25) is 0 Å². The molecule has 2 aliphatic rings. The average Bonchev–Trinajstić information content (AvgIpc) is 2.99. The second kappa shape index (κ2) is 14.5. The van der Waals surface area contributed by atoms with Crippen molar-refractivity contribution in [2.75, 3.05) is 13.2 Å². The number of aliphatic hydroxyl groups excluding tert-OH is 5. The van der Waals surface area contributed by atoms with Crippen molar-refractivity contribution in [3.05, 3.63) is 53.6 Å². The summed E-state index contributed by atoms with van der Waals surface area (Å²) in [6, 6.07) is 8.14. The summed E-state index contributed by atoms with van der Waals surface area (Å²) in [5, 5.41) is 91.3. The highest BCUT2D eigenvalue weighted by Crippen LogP contribution is 2.33. The number of hydrogen-bond acceptors (Lipinski definition) is 14. The number of rotatable bonds is 10. The summed E-state index contributed by atoms with van der Waals surface area (Å²) in [7, 11) is 0. The van der Waals surface area contributed by atoms with Gasteiger partial charge in [0.1, 0.15) is 43.2 Å². The molecule has 0 amide bonds. The molecule has 0 bridgehead atoms. The lowest BCUT2D eigenvalue weighted by Crippen LogP contribution is -2.63. The molecule has 2 aromatic rings. The van der Waals surface area contributed by atoms with Gasteiger partial charge < -0.3 is 64.9 Å². The zero-order chi connectivity index (χ0) is 32.1. The molecule has 1 aliphatic carbocycles. The molecule has 1 saturated carbocycles. The van der Waals surface area contributed by atoms with Crippen molar-refractivity contribution in [3.8, 4) is 23.0 Å². The second-order valence-corrected chi connectivity index (χ2v) is 11.0. The van der Waals surface area contributed by atoms with E-state index in [4.69, 9.17) is 18.9 Å². The minimum atomic E-state index is -1.60. The van der Waals surface area contributed by atoms with Gasteiger partial charge in [-0.1, -0.05) is 19.1 Å². The number of esters is 1. The van der Waals surface area contributed by atoms with E-state index in [1.807, 2.05) is 0 Å². The second-order valence-electron chi connectivity index (χ2n) is 11.0. The molecule has 1 saturated heterocycles. The van der Waals surface area contributed by atoms with Gasteiger partial charge in [-0.05, 0) is 60.2 Å². The van der Waals surface area contributed by atoms with Crippen LogP contribution in [0.5, 0.6) is 23.0 Å². The van der Waals surface area contributed by atoms with Crippen LogP contribution in [0.2, 0.25) is 0 Å². The lowest BCUT2D eigenvalue weighted by molar-refractivity contribution is -0.320. The number of carbonyl (C=O) groups excluding carboxylic acids is 1. The fourth-order valence-electron chi connectivity index (χ4n) is 5.12. The smallest absolute Gasteiger partial charge is 0.330 e. The van der Waals surface area contributed by atoms with Crippen LogP contribution in [-0.2, 0) is 30.2 Å². The zero-order valence-corrected chi connectivity index (χ0v) is 23.8. The molecular formula is C30H38O14. The maximum Gasteiger partial charge on any atom is 0.330 e. The molecule has 2 fully saturated rings. The fraction of sp³-hybridized carbons (Fsp3) is 0.500. The molecule has 9 N–H and O–H groups in total. The molecule has 2 aromatic carbocycles. The third-order valence-electron chi connectivity index (χ3n) is 7.76. The predicted molar refractivity (Wildman–Crippen MR) is 150 cm³/mol. The normalized spacial score (nSPS) is 32.5. The van der Waals surface area contributed by atoms with Crippen molar-refractivity contribution in [2.45, 2.75) is 74.9 Å². The van der Waals surface area contributed by atoms with Gasteiger partial charge in [0.05, 0.1) is 18.8 Å². The molecule has 0 radical (unpaired) electrons. The van der Waals surface area contributed by atoms with Gasteiger partial charge >= 0.3 is 5.97 Å². The van der Waals surface area contributed by atoms with Gasteiger partial charge in [0, 0.05) is 6.08 Å². The SMILES string of the molecule is CC1CC(OC2C(O)C(COC(=O)C=Cc3ccc(O)c(O)c3)OC(OCCc3ccc(O)c(O)c3)C2O)C(O)C(O)C1O. The molecule has 14 nitrogen and oxygen atoms in total. The van der Waals surface area contributed by atoms with Crippen LogP contribution in [0.15, 0.2) is 42.5 Å². The van der Waals surface area contributed by atoms with Crippen LogP contribution in [0, 0.1) is 5.92 Å². The van der Waals surface area contributed by atoms with Crippen LogP contribution in [0.1, 0.15) is 24.5 Å². The van der Waals surface area contributed by atoms with Gasteiger partial charge in [-0.25, -0.2) is 4.79 Å². The number of phenolic OH excluding ortho intramolecular Hbond substituents is 4. The van der Waals surface area contributed by atoms with Gasteiger partial charge in [0.2, 0.25) is 0 Å². The minimum Gasteiger partial charge on any atom is -0.504 e. The van der Waals surface area contributed by atoms with E-state index in [9.17, 15) is 50.8 Å². The summed E-state index contributed by atoms with van der Waals surface area (Å²) in [6.07, 6.45) is -9.90. The summed E-state index contributed by atoms with van der Waals surface area (Å²) >= 11 is 0. The van der Waals surface area contributed by atoms with Crippen LogP contribution >= 0.6 is 0 Å². The quantitative estimate of drug-likeness (QED) is 0.0936. The summed E-state index contributed by atoms with van der Waals surface area (Å²) in [5.41, 5.74) is 0.996. The van der Waals surface area contributed by atoms with Gasteiger partial charge in [0.15, 0.2) is 29.3 Å². The average molecular weight is 623 g/mol. The van der Waals surface area contributed by atoms with E-state index in [0.29, 0.717) is 11.1 Å². The van der Waals surface area contributed by atoms with E-state index >= 15 is 0 Å². The Balaban J connectivity index is 1.44. The van der Waals surface area contributed by atoms with Crippen molar-refractivity contribution in [2.24, 2.45) is 5.92 Å². The number of hydrogen-bond donors (Lipinski definition) is 9. The molecule has 14 heteroatoms. The van der Waals surface area contributed by atoms with Crippen LogP contribution in [-0.4, -0.2) is 120 Å². The highest BCUT2D eigenvalue weighted by atomic mass is 16.7. The van der Waals surface area contributed by atoms with E-state index in [1.54, 1.807) is 13.0 Å². The van der Waals surface area contributed by atoms with Crippen molar-refractivity contribution < 1.29 is 69.7 Å². The van der Waals surface area contributed by atoms with Crippen molar-refractivity contribution in [3.63, 3.8) is 0 Å². The molecule has 242 valence electrons. The first-order chi connectivity index (χ1) is 20.8. The Bertz CT molecular complexity index is 1300. The number of ether oxygens (including phenoxy) is 4. The highest BCUT2D eigenvalue weighted by Gasteiger charge is 2.50. The number of benzene rings is 2. The van der Waals surface area contributed by atoms with Crippen molar-refractivity contribution in [1.82, 2.24) is 0 Å². The molecule has 1 aliphatic heterocycles. The van der Waals surface area contributed by atoms with E-state index in [1.165, 1.54) is 36.4 Å². The zero-order valence-electron chi connectivity index (χ0n) is 23.8. The summed E-state index contributed by atoms with van der Waals surface area (Å²) in [6.45, 7) is 1.10. The van der Waals surface area contributed by atoms with Gasteiger partial charge in [0.25, 0.3) is 0 Å². The molecule has 4 rings (SSSR count). The van der Waals surface area contributed by atoms with Crippen LogP contribution in [0.3, 0.4) is 0 Å². The Hall–Kier alpha value is -3.47. The third-order valence-corrected chi connectivity index (χ3v) is 7.76. The largest absolute Gasteiger partial charge is 0.504 e. The van der Waals surface area contributed by atoms with E-state index in [2.05, 4.69) is 0 Å². The highest BCUT2D eigenvalue weighted by molar-refractivity contribution is 5.87. The molecule has 0 spiro atoms. The van der Waals surface area contributed by atoms with Crippen molar-refractivity contribution >= 4 is 12.0 Å². The maximum atomic E-state index is 12.4. The first-order valence-corrected chi connectivity index (χ1v) is 14.1. The topological polar surface area (TPSA) is 236 Å². The number of aromatic hydroxyl groups is 4. The Morgan fingerprint density at radius 3 is 2.23 bits per heavy atom. The predicted octanol–water partition coefficient (Wildman–Crippen LogP) is -0.352. The van der Waals surface area contributed by atoms with Gasteiger partial charge in [-0.2, -0.15) is 0 Å². The van der Waals surface area contributed by atoms with Crippen LogP contribution in [0.4, 0.5) is 0 Å². The summed E-state index contributed by atoms with van der Waals surface area (Å²) < 4.78 is 22.6. The molecule has 1 heterocycles. The van der Waals surface area contributed by atoms with Gasteiger partial charge in [-0.15, -0.1) is 0 Å². The standard InChI is InChI=1S/C30H38O14/c1-14-10-21(25(37)27(39)24(14)36)43-29-26(38)22(13-42-23(35)7-4-15-2-5-17(31)19(33)11-15)44-30(28(29)40)41-9-8-16-3-6-18(32)20(34)12-16/h2-7,11-12,14,21-22,24-34,36-40H,8-10,13H2,1H3. The number of phenols is 4. The minimum absolute atomic E-state index is 0.0442. The van der Waals surface area contributed by atoms with E-state index < -0.39 is 73.6 Å². The molecule has 10 unspecified atom stereocenters. The lowest BCUT2D eigenvalue weighted by atomic mass is 9.81. The van der Waals surface area contributed by atoms with Crippen molar-refractivity contribution in [1.29, 1.82) is 0 Å². The Morgan fingerprint density at radius 2 is 1.55 bits per heavy atom. The van der Waals surface area contributed by atoms with Crippen LogP contribution in [0.25, 0.3) is 6.08 Å². The van der Waals surface area contributed by atoms with Crippen LogP contribution < -0.4 is 0 Å². The molecule has 0 aromatic heterocycles. The Kier molecular flexibility index (Phi) is 11.0. The molecule has 44 heavy (non-hydrogen) atoms. The first kappa shape index (κ1) is 33.4. The third kappa shape index (κ3) is 7.97. The first-order valence-electron chi connectivity index (χ1n) is 14.1. The Morgan fingerprint density at radius 1 is 0.864 bits per heavy atom. The Labute approximate surface area is 252 Å². The van der Waals surface area contributed by atoms with E-state index in [-0.39, 0.29) is 42.4 Å². The molecular weight excluding hydrogens is 584 g/mol. The number of aliphatic hydroxyl groups is 5. The fourth-order valence-corrected chi connectivity index (χ4v) is 5.12. The monoisotopic (exact) mass is 622 g/mol. The maximum absolute atomic E-state index is 12.4.